The Morgan fingerprint density at radius 3 is 2.49 bits per heavy atom. The van der Waals surface area contributed by atoms with Crippen LogP contribution in [0, 0.1) is 30.0 Å². The fourth-order valence-electron chi connectivity index (χ4n) is 5.34. The van der Waals surface area contributed by atoms with Gasteiger partial charge in [0.25, 0.3) is 0 Å². The summed E-state index contributed by atoms with van der Waals surface area (Å²) < 4.78 is 24.9. The summed E-state index contributed by atoms with van der Waals surface area (Å²) in [5.41, 5.74) is 4.87. The van der Waals surface area contributed by atoms with Crippen LogP contribution in [0.4, 0.5) is 5.95 Å². The van der Waals surface area contributed by atoms with Gasteiger partial charge in [-0.15, -0.1) is 0 Å². The number of aryl methyl sites for hydroxylation is 2. The van der Waals surface area contributed by atoms with Gasteiger partial charge in [0, 0.05) is 11.6 Å². The van der Waals surface area contributed by atoms with Crippen molar-refractivity contribution in [1.29, 1.82) is 4.78 Å². The van der Waals surface area contributed by atoms with Crippen LogP contribution in [-0.2, 0) is 16.3 Å². The SMILES string of the molecule is Cc1cccc(C)c1-c1cc(O)nc(NS(=N)(=O)c2cccc(CC3CCCN(CCC(C)(C)C)CC3)c2)n1. The third-order valence-corrected chi connectivity index (χ3v) is 8.95. The highest BCUT2D eigenvalue weighted by molar-refractivity contribution is 7.93. The number of rotatable bonds is 8. The van der Waals surface area contributed by atoms with Crippen molar-refractivity contribution in [1.82, 2.24) is 14.9 Å². The molecule has 2 aromatic carbocycles. The average Bonchev–Trinajstić information content (AvgIpc) is 3.07. The Hall–Kier alpha value is -2.97. The summed E-state index contributed by atoms with van der Waals surface area (Å²) in [7, 11) is -3.44. The van der Waals surface area contributed by atoms with Crippen molar-refractivity contribution in [2.24, 2.45) is 11.3 Å². The van der Waals surface area contributed by atoms with Crippen molar-refractivity contribution < 1.29 is 9.32 Å². The van der Waals surface area contributed by atoms with Gasteiger partial charge in [0.2, 0.25) is 11.8 Å². The van der Waals surface area contributed by atoms with E-state index >= 15 is 0 Å². The van der Waals surface area contributed by atoms with Crippen molar-refractivity contribution in [3.05, 3.63) is 65.2 Å². The molecule has 1 fully saturated rings. The summed E-state index contributed by atoms with van der Waals surface area (Å²) in [6.45, 7) is 14.3. The van der Waals surface area contributed by atoms with Crippen molar-refractivity contribution in [2.45, 2.75) is 71.6 Å². The molecule has 0 bridgehead atoms. The van der Waals surface area contributed by atoms with E-state index in [0.717, 1.165) is 54.7 Å². The van der Waals surface area contributed by atoms with Gasteiger partial charge in [-0.1, -0.05) is 51.1 Å². The Labute approximate surface area is 234 Å². The van der Waals surface area contributed by atoms with Crippen LogP contribution in [0.15, 0.2) is 53.4 Å². The molecule has 2 atom stereocenters. The van der Waals surface area contributed by atoms with Crippen molar-refractivity contribution in [3.63, 3.8) is 0 Å². The molecule has 1 aliphatic rings. The van der Waals surface area contributed by atoms with E-state index in [1.54, 1.807) is 6.07 Å². The van der Waals surface area contributed by atoms with Crippen molar-refractivity contribution in [2.75, 3.05) is 24.4 Å². The molecule has 2 heterocycles. The molecular weight excluding hydrogens is 506 g/mol. The number of nitrogens with zero attached hydrogens (tertiary/aromatic N) is 3. The van der Waals surface area contributed by atoms with Gasteiger partial charge >= 0.3 is 0 Å². The zero-order valence-corrected chi connectivity index (χ0v) is 24.8. The number of nitrogens with one attached hydrogen (secondary N) is 2. The number of hydrogen-bond acceptors (Lipinski definition) is 6. The third kappa shape index (κ3) is 8.02. The zero-order valence-electron chi connectivity index (χ0n) is 24.0. The van der Waals surface area contributed by atoms with Gasteiger partial charge in [-0.05, 0) is 106 Å². The van der Waals surface area contributed by atoms with Crippen LogP contribution in [-0.4, -0.2) is 43.8 Å². The molecule has 8 heteroatoms. The lowest BCUT2D eigenvalue weighted by Gasteiger charge is -2.25. The molecule has 0 saturated carbocycles. The van der Waals surface area contributed by atoms with E-state index in [4.69, 9.17) is 4.78 Å². The molecule has 1 aliphatic heterocycles. The van der Waals surface area contributed by atoms with E-state index in [9.17, 15) is 9.32 Å². The van der Waals surface area contributed by atoms with Gasteiger partial charge in [-0.25, -0.2) is 14.0 Å². The van der Waals surface area contributed by atoms with Crippen LogP contribution in [0.5, 0.6) is 5.88 Å². The molecule has 39 heavy (non-hydrogen) atoms. The molecule has 0 radical (unpaired) electrons. The molecule has 4 rings (SSSR count). The second-order valence-corrected chi connectivity index (χ2v) is 13.9. The first-order chi connectivity index (χ1) is 18.4. The highest BCUT2D eigenvalue weighted by Crippen LogP contribution is 2.29. The lowest BCUT2D eigenvalue weighted by molar-refractivity contribution is 0.232. The fourth-order valence-corrected chi connectivity index (χ4v) is 6.40. The molecule has 0 spiro atoms. The zero-order chi connectivity index (χ0) is 28.2. The number of hydrogen-bond donors (Lipinski definition) is 3. The van der Waals surface area contributed by atoms with Gasteiger partial charge in [0.15, 0.2) is 9.92 Å². The first-order valence-electron chi connectivity index (χ1n) is 13.9. The van der Waals surface area contributed by atoms with Crippen molar-refractivity contribution in [3.8, 4) is 17.1 Å². The molecule has 0 amide bonds. The van der Waals surface area contributed by atoms with E-state index in [1.807, 2.05) is 44.2 Å². The third-order valence-electron chi connectivity index (χ3n) is 7.56. The smallest absolute Gasteiger partial charge is 0.239 e. The minimum absolute atomic E-state index is 0.0304. The Kier molecular flexibility index (Phi) is 8.96. The maximum Gasteiger partial charge on any atom is 0.239 e. The molecule has 0 aliphatic carbocycles. The first-order valence-corrected chi connectivity index (χ1v) is 15.5. The Morgan fingerprint density at radius 2 is 1.77 bits per heavy atom. The summed E-state index contributed by atoms with van der Waals surface area (Å²) in [6.07, 6.45) is 5.65. The second-order valence-electron chi connectivity index (χ2n) is 12.2. The van der Waals surface area contributed by atoms with Gasteiger partial charge in [0.05, 0.1) is 10.6 Å². The standard InChI is InChI=1S/C31H43N5O2S/c1-22-9-6-10-23(2)29(22)27-21-28(37)34-30(33-27)35-39(32,38)26-13-7-11-25(20-26)19-24-12-8-16-36(17-14-24)18-15-31(3,4)5/h6-7,9-11,13,20-21,24H,8,12,14-19H2,1-5H3,(H3,32,33,34,35,37,38). The van der Waals surface area contributed by atoms with E-state index < -0.39 is 9.92 Å². The summed E-state index contributed by atoms with van der Waals surface area (Å²) in [6, 6.07) is 14.9. The lowest BCUT2D eigenvalue weighted by atomic mass is 9.92. The van der Waals surface area contributed by atoms with Crippen LogP contribution < -0.4 is 4.72 Å². The predicted molar refractivity (Wildman–Crippen MR) is 159 cm³/mol. The minimum atomic E-state index is -3.44. The number of likely N-dealkylation sites (tertiary alicyclic amines) is 1. The Bertz CT molecular complexity index is 1380. The monoisotopic (exact) mass is 549 g/mol. The fraction of sp³-hybridized carbons (Fsp3) is 0.484. The first kappa shape index (κ1) is 29.0. The van der Waals surface area contributed by atoms with Gasteiger partial charge < -0.3 is 10.0 Å². The maximum absolute atomic E-state index is 13.5. The topological polar surface area (TPSA) is 102 Å². The van der Waals surface area contributed by atoms with Crippen LogP contribution in [0.25, 0.3) is 11.3 Å². The Morgan fingerprint density at radius 1 is 1.05 bits per heavy atom. The second kappa shape index (κ2) is 12.0. The van der Waals surface area contributed by atoms with E-state index in [1.165, 1.54) is 25.3 Å². The molecule has 7 nitrogen and oxygen atoms in total. The summed E-state index contributed by atoms with van der Waals surface area (Å²) in [5, 5.41) is 10.3. The minimum Gasteiger partial charge on any atom is -0.493 e. The number of benzene rings is 2. The molecule has 1 aromatic heterocycles. The van der Waals surface area contributed by atoms with E-state index in [2.05, 4.69) is 46.4 Å². The van der Waals surface area contributed by atoms with Crippen LogP contribution in [0.1, 0.15) is 63.1 Å². The molecule has 3 N–H and O–H groups in total. The molecule has 3 aromatic rings. The van der Waals surface area contributed by atoms with E-state index in [0.29, 0.717) is 21.9 Å². The molecule has 2 unspecified atom stereocenters. The maximum atomic E-state index is 13.5. The predicted octanol–water partition coefficient (Wildman–Crippen LogP) is 6.98. The van der Waals surface area contributed by atoms with Gasteiger partial charge in [-0.3, -0.25) is 4.72 Å². The summed E-state index contributed by atoms with van der Waals surface area (Å²) >= 11 is 0. The van der Waals surface area contributed by atoms with Crippen LogP contribution in [0.2, 0.25) is 0 Å². The molecule has 1 saturated heterocycles. The highest BCUT2D eigenvalue weighted by atomic mass is 32.2. The molecule has 210 valence electrons. The number of aromatic nitrogens is 2. The largest absolute Gasteiger partial charge is 0.493 e. The normalized spacial score (nSPS) is 18.3. The van der Waals surface area contributed by atoms with E-state index in [-0.39, 0.29) is 11.8 Å². The average molecular weight is 550 g/mol. The van der Waals surface area contributed by atoms with Crippen LogP contribution >= 0.6 is 0 Å². The Balaban J connectivity index is 1.46. The quantitative estimate of drug-likeness (QED) is 0.281. The molecular formula is C31H43N5O2S. The van der Waals surface area contributed by atoms with Crippen LogP contribution in [0.3, 0.4) is 0 Å². The van der Waals surface area contributed by atoms with Gasteiger partial charge in [-0.2, -0.15) is 4.98 Å². The number of anilines is 1. The van der Waals surface area contributed by atoms with Crippen molar-refractivity contribution >= 4 is 15.9 Å². The number of aromatic hydroxyl groups is 1. The summed E-state index contributed by atoms with van der Waals surface area (Å²) in [4.78, 5) is 11.5. The highest BCUT2D eigenvalue weighted by Gasteiger charge is 2.21. The lowest BCUT2D eigenvalue weighted by Crippen LogP contribution is -2.28. The summed E-state index contributed by atoms with van der Waals surface area (Å²) in [5.74, 6) is 0.306. The van der Waals surface area contributed by atoms with Gasteiger partial charge in [0.1, 0.15) is 0 Å².